The summed E-state index contributed by atoms with van der Waals surface area (Å²) in [5.74, 6) is -0.265. The molecule has 0 saturated heterocycles. The first kappa shape index (κ1) is 18.0. The summed E-state index contributed by atoms with van der Waals surface area (Å²) in [7, 11) is 0. The average molecular weight is 389 g/mol. The smallest absolute Gasteiger partial charge is 0.337 e. The molecule has 0 aliphatic heterocycles. The van der Waals surface area contributed by atoms with E-state index in [1.165, 1.54) is 6.07 Å². The van der Waals surface area contributed by atoms with Gasteiger partial charge in [0.1, 0.15) is 5.82 Å². The zero-order valence-electron chi connectivity index (χ0n) is 13.6. The van der Waals surface area contributed by atoms with Crippen LogP contribution in [0.4, 0.5) is 23.1 Å². The molecule has 0 fully saturated rings. The van der Waals surface area contributed by atoms with Crippen molar-refractivity contribution in [2.75, 3.05) is 10.6 Å². The molecule has 0 unspecified atom stereocenters. The van der Waals surface area contributed by atoms with Crippen molar-refractivity contribution in [2.45, 2.75) is 6.92 Å². The average Bonchev–Trinajstić information content (AvgIpc) is 2.59. The van der Waals surface area contributed by atoms with Gasteiger partial charge in [0.2, 0.25) is 5.95 Å². The number of rotatable bonds is 5. The zero-order chi connectivity index (χ0) is 18.7. The van der Waals surface area contributed by atoms with Crippen LogP contribution < -0.4 is 10.6 Å². The van der Waals surface area contributed by atoms with E-state index in [0.29, 0.717) is 38.9 Å². The normalized spacial score (nSPS) is 10.4. The quantitative estimate of drug-likeness (QED) is 0.551. The van der Waals surface area contributed by atoms with Crippen molar-refractivity contribution in [1.29, 1.82) is 0 Å². The third-order valence-corrected chi connectivity index (χ3v) is 4.29. The van der Waals surface area contributed by atoms with Crippen LogP contribution in [0, 0.1) is 6.92 Å². The van der Waals surface area contributed by atoms with Crippen LogP contribution in [-0.2, 0) is 0 Å². The third kappa shape index (κ3) is 4.04. The number of halogens is 2. The molecule has 0 aliphatic carbocycles. The number of carbonyl (C=O) groups is 1. The predicted octanol–water partition coefficient (Wildman–Crippen LogP) is 5.28. The van der Waals surface area contributed by atoms with Gasteiger partial charge in [-0.2, -0.15) is 4.98 Å². The largest absolute Gasteiger partial charge is 0.478 e. The minimum absolute atomic E-state index is 0.149. The molecule has 2 aromatic carbocycles. The number of aryl methyl sites for hydroxylation is 1. The Morgan fingerprint density at radius 2 is 1.73 bits per heavy atom. The highest BCUT2D eigenvalue weighted by Crippen LogP contribution is 2.31. The Kier molecular flexibility index (Phi) is 5.25. The number of aromatic carboxylic acids is 1. The molecule has 0 amide bonds. The lowest BCUT2D eigenvalue weighted by Gasteiger charge is -2.12. The molecular weight excluding hydrogens is 375 g/mol. The highest BCUT2D eigenvalue weighted by molar-refractivity contribution is 6.43. The molecule has 0 bridgehead atoms. The number of benzene rings is 2. The lowest BCUT2D eigenvalue weighted by Crippen LogP contribution is -2.06. The van der Waals surface area contributed by atoms with Crippen molar-refractivity contribution in [3.05, 3.63) is 69.8 Å². The molecule has 1 heterocycles. The standard InChI is InChI=1S/C18H14Cl2N4O2/c1-10-9-15(22-13-7-3-2-5-11(13)17(25)26)24-18(21-10)23-14-8-4-6-12(19)16(14)20/h2-9H,1H3,(H,25,26)(H2,21,22,23,24). The first-order valence-electron chi connectivity index (χ1n) is 7.60. The summed E-state index contributed by atoms with van der Waals surface area (Å²) in [6.45, 7) is 1.81. The van der Waals surface area contributed by atoms with Crippen molar-refractivity contribution in [3.63, 3.8) is 0 Å². The summed E-state index contributed by atoms with van der Waals surface area (Å²) >= 11 is 12.2. The molecule has 0 aliphatic rings. The van der Waals surface area contributed by atoms with E-state index in [-0.39, 0.29) is 5.56 Å². The fourth-order valence-corrected chi connectivity index (χ4v) is 2.67. The van der Waals surface area contributed by atoms with Gasteiger partial charge in [0, 0.05) is 11.8 Å². The highest BCUT2D eigenvalue weighted by atomic mass is 35.5. The molecule has 8 heteroatoms. The molecule has 6 nitrogen and oxygen atoms in total. The fraction of sp³-hybridized carbons (Fsp3) is 0.0556. The number of nitrogens with one attached hydrogen (secondary N) is 2. The van der Waals surface area contributed by atoms with Crippen LogP contribution in [-0.4, -0.2) is 21.0 Å². The summed E-state index contributed by atoms with van der Waals surface area (Å²) < 4.78 is 0. The number of carboxylic acids is 1. The second-order valence-electron chi connectivity index (χ2n) is 5.42. The van der Waals surface area contributed by atoms with Gasteiger partial charge in [0.05, 0.1) is 27.0 Å². The van der Waals surface area contributed by atoms with Gasteiger partial charge in [0.15, 0.2) is 0 Å². The van der Waals surface area contributed by atoms with Crippen molar-refractivity contribution < 1.29 is 9.90 Å². The van der Waals surface area contributed by atoms with E-state index >= 15 is 0 Å². The number of hydrogen-bond acceptors (Lipinski definition) is 5. The van der Waals surface area contributed by atoms with Gasteiger partial charge in [-0.3, -0.25) is 0 Å². The summed E-state index contributed by atoms with van der Waals surface area (Å²) in [6.07, 6.45) is 0. The lowest BCUT2D eigenvalue weighted by molar-refractivity contribution is 0.0698. The Morgan fingerprint density at radius 1 is 1.00 bits per heavy atom. The van der Waals surface area contributed by atoms with Gasteiger partial charge in [-0.15, -0.1) is 0 Å². The molecule has 26 heavy (non-hydrogen) atoms. The summed E-state index contributed by atoms with van der Waals surface area (Å²) in [4.78, 5) is 20.0. The van der Waals surface area contributed by atoms with Crippen LogP contribution in [0.3, 0.4) is 0 Å². The molecule has 0 radical (unpaired) electrons. The van der Waals surface area contributed by atoms with Crippen LogP contribution in [0.1, 0.15) is 16.1 Å². The van der Waals surface area contributed by atoms with Crippen LogP contribution >= 0.6 is 23.2 Å². The zero-order valence-corrected chi connectivity index (χ0v) is 15.1. The van der Waals surface area contributed by atoms with Gasteiger partial charge >= 0.3 is 5.97 Å². The van der Waals surface area contributed by atoms with Gasteiger partial charge in [0.25, 0.3) is 0 Å². The number of nitrogens with zero attached hydrogens (tertiary/aromatic N) is 2. The molecule has 0 spiro atoms. The SMILES string of the molecule is Cc1cc(Nc2ccccc2C(=O)O)nc(Nc2cccc(Cl)c2Cl)n1. The van der Waals surface area contributed by atoms with Crippen LogP contribution in [0.25, 0.3) is 0 Å². The maximum Gasteiger partial charge on any atom is 0.337 e. The molecule has 0 saturated carbocycles. The Hall–Kier alpha value is -2.83. The van der Waals surface area contributed by atoms with Crippen molar-refractivity contribution >= 4 is 52.3 Å². The van der Waals surface area contributed by atoms with E-state index in [1.54, 1.807) is 49.4 Å². The first-order valence-corrected chi connectivity index (χ1v) is 8.35. The number of anilines is 4. The summed E-state index contributed by atoms with van der Waals surface area (Å²) in [5, 5.41) is 16.1. The topological polar surface area (TPSA) is 87.1 Å². The van der Waals surface area contributed by atoms with Crippen molar-refractivity contribution in [3.8, 4) is 0 Å². The Morgan fingerprint density at radius 3 is 2.50 bits per heavy atom. The van der Waals surface area contributed by atoms with E-state index in [2.05, 4.69) is 20.6 Å². The van der Waals surface area contributed by atoms with Crippen LogP contribution in [0.5, 0.6) is 0 Å². The molecule has 1 aromatic heterocycles. The van der Waals surface area contributed by atoms with Gasteiger partial charge < -0.3 is 15.7 Å². The van der Waals surface area contributed by atoms with E-state index in [9.17, 15) is 9.90 Å². The van der Waals surface area contributed by atoms with E-state index in [0.717, 1.165) is 0 Å². The monoisotopic (exact) mass is 388 g/mol. The minimum Gasteiger partial charge on any atom is -0.478 e. The predicted molar refractivity (Wildman–Crippen MR) is 103 cm³/mol. The Balaban J connectivity index is 1.91. The molecule has 132 valence electrons. The van der Waals surface area contributed by atoms with Crippen molar-refractivity contribution in [2.24, 2.45) is 0 Å². The molecular formula is C18H14Cl2N4O2. The number of hydrogen-bond donors (Lipinski definition) is 3. The van der Waals surface area contributed by atoms with Gasteiger partial charge in [-0.05, 0) is 31.2 Å². The molecule has 3 rings (SSSR count). The lowest BCUT2D eigenvalue weighted by atomic mass is 10.2. The van der Waals surface area contributed by atoms with Gasteiger partial charge in [-0.25, -0.2) is 9.78 Å². The van der Waals surface area contributed by atoms with E-state index in [1.807, 2.05) is 0 Å². The second kappa shape index (κ2) is 7.59. The first-order chi connectivity index (χ1) is 12.4. The molecule has 0 atom stereocenters. The third-order valence-electron chi connectivity index (χ3n) is 3.47. The maximum absolute atomic E-state index is 11.3. The van der Waals surface area contributed by atoms with Crippen LogP contribution in [0.15, 0.2) is 48.5 Å². The molecule has 3 N–H and O–H groups in total. The fourth-order valence-electron chi connectivity index (χ4n) is 2.33. The minimum atomic E-state index is -1.03. The van der Waals surface area contributed by atoms with Crippen LogP contribution in [0.2, 0.25) is 10.0 Å². The number of carboxylic acid groups (broad SMARTS) is 1. The van der Waals surface area contributed by atoms with E-state index < -0.39 is 5.97 Å². The Bertz CT molecular complexity index is 979. The number of aromatic nitrogens is 2. The van der Waals surface area contributed by atoms with Gasteiger partial charge in [-0.1, -0.05) is 41.4 Å². The maximum atomic E-state index is 11.3. The summed E-state index contributed by atoms with van der Waals surface area (Å²) in [6, 6.07) is 13.5. The Labute approximate surface area is 159 Å². The number of para-hydroxylation sites is 1. The second-order valence-corrected chi connectivity index (χ2v) is 6.21. The summed E-state index contributed by atoms with van der Waals surface area (Å²) in [5.41, 5.74) is 1.85. The molecule has 3 aromatic rings. The van der Waals surface area contributed by atoms with E-state index in [4.69, 9.17) is 23.2 Å². The highest BCUT2D eigenvalue weighted by Gasteiger charge is 2.11. The van der Waals surface area contributed by atoms with Crippen molar-refractivity contribution in [1.82, 2.24) is 9.97 Å².